The zero-order valence-corrected chi connectivity index (χ0v) is 27.9. The van der Waals surface area contributed by atoms with Crippen LogP contribution in [0.3, 0.4) is 0 Å². The maximum atomic E-state index is 13.2. The number of primary amides is 1. The summed E-state index contributed by atoms with van der Waals surface area (Å²) in [7, 11) is 5.78. The maximum absolute atomic E-state index is 13.2. The molecule has 0 fully saturated rings. The Labute approximate surface area is 249 Å². The molecule has 0 aromatic rings. The number of aliphatic hydroxyl groups excluding tert-OH is 1. The van der Waals surface area contributed by atoms with Gasteiger partial charge in [-0.25, -0.2) is 0 Å². The Morgan fingerprint density at radius 2 is 1.51 bits per heavy atom. The minimum atomic E-state index is -4.18. The average Bonchev–Trinajstić information content (AvgIpc) is 2.63. The molecule has 0 aromatic heterocycles. The van der Waals surface area contributed by atoms with E-state index in [0.29, 0.717) is 54.5 Å². The third kappa shape index (κ3) is 19.9. The summed E-state index contributed by atoms with van der Waals surface area (Å²) in [5, 5.41) is 16.7. The lowest BCUT2D eigenvalue weighted by Gasteiger charge is -2.36. The summed E-state index contributed by atoms with van der Waals surface area (Å²) in [5.74, 6) is -1.52. The first-order valence-corrected chi connectivity index (χ1v) is 14.6. The number of carbonyl (C=O) groups is 2. The van der Waals surface area contributed by atoms with E-state index in [1.165, 1.54) is 0 Å². The van der Waals surface area contributed by atoms with Gasteiger partial charge in [-0.1, -0.05) is 20.8 Å². The van der Waals surface area contributed by atoms with Crippen LogP contribution in [0.5, 0.6) is 0 Å². The van der Waals surface area contributed by atoms with Gasteiger partial charge in [0.15, 0.2) is 12.8 Å². The van der Waals surface area contributed by atoms with Crippen LogP contribution in [0.1, 0.15) is 53.9 Å². The number of nitrogens with zero attached hydrogens (tertiary/aromatic N) is 2. The first-order valence-electron chi connectivity index (χ1n) is 13.0. The highest BCUT2D eigenvalue weighted by Crippen LogP contribution is 2.30. The standard InChI is InChI=1S/C25H53N5O6S.2ClH/c1-11-20(22(26)32)12-19(14-28-25(4,5)17-37(34,35)36)13-24(2,3)23(33)27-18-30(9,10)16-21(31)15-29(6,7)8;;/h19-21,28,31H,11-18H2,1-10H3,(H2-2,26,27,32,33,34,35,36);2*1H. The van der Waals surface area contributed by atoms with Gasteiger partial charge < -0.3 is 55.3 Å². The second-order valence-corrected chi connectivity index (χ2v) is 15.0. The molecule has 3 unspecified atom stereocenters. The summed E-state index contributed by atoms with van der Waals surface area (Å²) < 4.78 is 33.1. The van der Waals surface area contributed by atoms with E-state index in [1.54, 1.807) is 13.8 Å². The van der Waals surface area contributed by atoms with E-state index >= 15 is 0 Å². The largest absolute Gasteiger partial charge is 1.00 e. The highest BCUT2D eigenvalue weighted by Gasteiger charge is 2.35. The number of amides is 2. The van der Waals surface area contributed by atoms with Gasteiger partial charge in [-0.05, 0) is 45.6 Å². The molecule has 0 heterocycles. The van der Waals surface area contributed by atoms with Crippen molar-refractivity contribution in [2.75, 3.05) is 67.3 Å². The van der Waals surface area contributed by atoms with E-state index in [0.717, 1.165) is 0 Å². The molecule has 236 valence electrons. The molecule has 0 aliphatic heterocycles. The van der Waals surface area contributed by atoms with Crippen molar-refractivity contribution in [2.45, 2.75) is 65.5 Å². The zero-order valence-electron chi connectivity index (χ0n) is 25.6. The predicted molar refractivity (Wildman–Crippen MR) is 147 cm³/mol. The summed E-state index contributed by atoms with van der Waals surface area (Å²) in [6.07, 6.45) is 0.945. The second-order valence-electron chi connectivity index (χ2n) is 13.6. The molecular weight excluding hydrogens is 569 g/mol. The number of aliphatic hydroxyl groups is 1. The maximum Gasteiger partial charge on any atom is 0.266 e. The summed E-state index contributed by atoms with van der Waals surface area (Å²) >= 11 is 0. The first-order chi connectivity index (χ1) is 16.4. The molecule has 3 atom stereocenters. The number of likely N-dealkylation sites (N-methyl/N-ethyl adjacent to an activating group) is 2. The van der Waals surface area contributed by atoms with Crippen molar-refractivity contribution in [3.63, 3.8) is 0 Å². The molecule has 0 radical (unpaired) electrons. The zero-order chi connectivity index (χ0) is 29.5. The average molecular weight is 625 g/mol. The molecule has 0 aliphatic carbocycles. The Hall–Kier alpha value is -0.730. The fourth-order valence-electron chi connectivity index (χ4n) is 4.72. The number of hydrogen-bond donors (Lipinski definition) is 5. The van der Waals surface area contributed by atoms with Crippen LogP contribution in [0.25, 0.3) is 0 Å². The lowest BCUT2D eigenvalue weighted by molar-refractivity contribution is -0.908. The van der Waals surface area contributed by atoms with Crippen LogP contribution >= 0.6 is 0 Å². The number of nitrogens with one attached hydrogen (secondary N) is 2. The second kappa shape index (κ2) is 16.6. The Balaban J connectivity index is -0.00000648. The van der Waals surface area contributed by atoms with Crippen molar-refractivity contribution in [1.29, 1.82) is 0 Å². The Bertz CT molecular complexity index is 864. The van der Waals surface area contributed by atoms with Gasteiger partial charge in [-0.15, -0.1) is 0 Å². The van der Waals surface area contributed by atoms with Crippen LogP contribution in [0, 0.1) is 17.3 Å². The van der Waals surface area contributed by atoms with Crippen LogP contribution in [0.4, 0.5) is 0 Å². The number of quaternary nitrogens is 2. The lowest BCUT2D eigenvalue weighted by atomic mass is 9.77. The molecule has 11 nitrogen and oxygen atoms in total. The number of carbonyl (C=O) groups excluding carboxylic acids is 2. The van der Waals surface area contributed by atoms with Crippen LogP contribution in [0.2, 0.25) is 0 Å². The molecule has 0 aromatic carbocycles. The smallest absolute Gasteiger partial charge is 0.266 e. The van der Waals surface area contributed by atoms with Crippen molar-refractivity contribution in [2.24, 2.45) is 23.0 Å². The summed E-state index contributed by atoms with van der Waals surface area (Å²) in [6, 6.07) is 0. The molecule has 14 heteroatoms. The molecule has 0 saturated heterocycles. The number of rotatable bonds is 18. The summed E-state index contributed by atoms with van der Waals surface area (Å²) in [6.45, 7) is 10.7. The van der Waals surface area contributed by atoms with Crippen LogP contribution in [-0.4, -0.2) is 118 Å². The quantitative estimate of drug-likeness (QED) is 0.0578. The number of nitrogens with two attached hydrogens (primary N) is 1. The lowest BCUT2D eigenvalue weighted by Crippen LogP contribution is -3.00. The van der Waals surface area contributed by atoms with Crippen molar-refractivity contribution < 1.29 is 61.4 Å². The van der Waals surface area contributed by atoms with Crippen molar-refractivity contribution >= 4 is 21.9 Å². The molecule has 39 heavy (non-hydrogen) atoms. The minimum absolute atomic E-state index is 0. The van der Waals surface area contributed by atoms with Gasteiger partial charge in [-0.2, -0.15) is 8.42 Å². The van der Waals surface area contributed by atoms with E-state index in [2.05, 4.69) is 10.6 Å². The van der Waals surface area contributed by atoms with E-state index in [4.69, 9.17) is 5.73 Å². The molecule has 0 saturated carbocycles. The fraction of sp³-hybridized carbons (Fsp3) is 0.920. The highest BCUT2D eigenvalue weighted by atomic mass is 35.5. The molecule has 0 aliphatic rings. The summed E-state index contributed by atoms with van der Waals surface area (Å²) in [4.78, 5) is 25.2. The third-order valence-electron chi connectivity index (χ3n) is 6.47. The minimum Gasteiger partial charge on any atom is -1.00 e. The Morgan fingerprint density at radius 3 is 1.92 bits per heavy atom. The monoisotopic (exact) mass is 623 g/mol. The van der Waals surface area contributed by atoms with E-state index in [9.17, 15) is 27.7 Å². The summed E-state index contributed by atoms with van der Waals surface area (Å²) in [5.41, 5.74) is 3.90. The van der Waals surface area contributed by atoms with Gasteiger partial charge in [0.1, 0.15) is 13.1 Å². The van der Waals surface area contributed by atoms with Crippen LogP contribution < -0.4 is 41.2 Å². The van der Waals surface area contributed by atoms with Crippen LogP contribution in [-0.2, 0) is 19.7 Å². The number of halogens is 2. The number of hydrogen-bond acceptors (Lipinski definition) is 6. The van der Waals surface area contributed by atoms with E-state index < -0.39 is 38.8 Å². The van der Waals surface area contributed by atoms with Gasteiger partial charge >= 0.3 is 0 Å². The van der Waals surface area contributed by atoms with E-state index in [1.807, 2.05) is 56.0 Å². The highest BCUT2D eigenvalue weighted by molar-refractivity contribution is 7.85. The van der Waals surface area contributed by atoms with Crippen molar-refractivity contribution in [3.05, 3.63) is 0 Å². The first kappa shape index (κ1) is 42.7. The van der Waals surface area contributed by atoms with Crippen LogP contribution in [0.15, 0.2) is 0 Å². The molecule has 6 N–H and O–H groups in total. The molecule has 0 spiro atoms. The SMILES string of the molecule is CCC(CC(CNC(C)(C)CS(=O)(=O)O)CC(C)(C)C(=O)NC[N+](C)(C)CC(O)C[N+](C)(C)C)C(N)=O.[Cl-].[Cl-]. The van der Waals surface area contributed by atoms with E-state index in [-0.39, 0.29) is 42.6 Å². The predicted octanol–water partition coefficient (Wildman–Crippen LogP) is -5.60. The molecule has 2 amide bonds. The van der Waals surface area contributed by atoms with Gasteiger partial charge in [0, 0.05) is 16.9 Å². The van der Waals surface area contributed by atoms with Crippen molar-refractivity contribution in [3.8, 4) is 0 Å². The molecule has 0 bridgehead atoms. The van der Waals surface area contributed by atoms with Gasteiger partial charge in [0.05, 0.1) is 41.0 Å². The van der Waals surface area contributed by atoms with Crippen molar-refractivity contribution in [1.82, 2.24) is 10.6 Å². The third-order valence-corrected chi connectivity index (χ3v) is 7.56. The Morgan fingerprint density at radius 1 is 1.00 bits per heavy atom. The Kier molecular flexibility index (Phi) is 18.2. The van der Waals surface area contributed by atoms with Gasteiger partial charge in [0.2, 0.25) is 11.8 Å². The molecular formula is C25H55Cl2N5O6S. The topological polar surface area (TPSA) is 159 Å². The van der Waals surface area contributed by atoms with Gasteiger partial charge in [0.25, 0.3) is 10.1 Å². The fourth-order valence-corrected chi connectivity index (χ4v) is 5.73. The normalized spacial score (nSPS) is 15.4. The molecule has 0 rings (SSSR count). The van der Waals surface area contributed by atoms with Gasteiger partial charge in [-0.3, -0.25) is 14.1 Å².